The molecule has 1 fully saturated rings. The maximum Gasteiger partial charge on any atom is 0.416 e. The number of aromatic nitrogens is 1. The number of pyridine rings is 1. The van der Waals surface area contributed by atoms with Crippen molar-refractivity contribution in [2.24, 2.45) is 5.92 Å². The summed E-state index contributed by atoms with van der Waals surface area (Å²) in [7, 11) is 0. The van der Waals surface area contributed by atoms with E-state index in [2.05, 4.69) is 36.3 Å². The van der Waals surface area contributed by atoms with Gasteiger partial charge in [0.1, 0.15) is 0 Å². The molecule has 0 spiro atoms. The van der Waals surface area contributed by atoms with Crippen LogP contribution in [0, 0.1) is 5.92 Å². The van der Waals surface area contributed by atoms with Gasteiger partial charge in [-0.1, -0.05) is 45.0 Å². The summed E-state index contributed by atoms with van der Waals surface area (Å²) in [6.07, 6.45) is -3.61. The summed E-state index contributed by atoms with van der Waals surface area (Å²) in [4.78, 5) is 41.5. The lowest BCUT2D eigenvalue weighted by atomic mass is 9.83. The second kappa shape index (κ2) is 11.8. The lowest BCUT2D eigenvalue weighted by Gasteiger charge is -2.44. The average molecular weight is 629 g/mol. The number of piperidine rings is 1. The van der Waals surface area contributed by atoms with Crippen LogP contribution in [0.1, 0.15) is 70.6 Å². The zero-order chi connectivity index (χ0) is 32.8. The molecule has 2 atom stereocenters. The second-order valence-corrected chi connectivity index (χ2v) is 13.1. The molecule has 3 aromatic carbocycles. The van der Waals surface area contributed by atoms with Gasteiger partial charge in [-0.25, -0.2) is 0 Å². The van der Waals surface area contributed by atoms with Gasteiger partial charge in [0.25, 0.3) is 17.4 Å². The summed E-state index contributed by atoms with van der Waals surface area (Å²) < 4.78 is 41.6. The molecular weight excluding hydrogens is 593 g/mol. The molecule has 238 valence electrons. The van der Waals surface area contributed by atoms with E-state index in [1.807, 2.05) is 22.8 Å². The van der Waals surface area contributed by atoms with Gasteiger partial charge in [-0.2, -0.15) is 13.2 Å². The molecule has 46 heavy (non-hydrogen) atoms. The average Bonchev–Trinajstić information content (AvgIpc) is 3.01. The number of nitrogens with one attached hydrogen (secondary N) is 2. The van der Waals surface area contributed by atoms with Crippen molar-refractivity contribution in [1.82, 2.24) is 4.57 Å². The molecule has 10 heteroatoms. The van der Waals surface area contributed by atoms with Crippen LogP contribution < -0.4 is 21.1 Å². The lowest BCUT2D eigenvalue weighted by Crippen LogP contribution is -2.47. The molecule has 0 saturated carbocycles. The second-order valence-electron chi connectivity index (χ2n) is 13.1. The van der Waals surface area contributed by atoms with Crippen LogP contribution >= 0.6 is 0 Å². The minimum absolute atomic E-state index is 0.00573. The topological polar surface area (TPSA) is 83.4 Å². The van der Waals surface area contributed by atoms with E-state index in [-0.39, 0.29) is 40.0 Å². The number of carbonyl (C=O) groups is 2. The zero-order valence-corrected chi connectivity index (χ0v) is 25.8. The molecule has 0 radical (unpaired) electrons. The first kappa shape index (κ1) is 31.1. The SMILES string of the molecule is CC(C)(C)c1ccc(C(=O)Nc2cc(C(=O)Nc3cccc(C(F)(F)F)c3)ccc2N2CC3CC(C2)c2cccc(=O)n2C3)cc1. The minimum Gasteiger partial charge on any atom is -0.369 e. The lowest BCUT2D eigenvalue weighted by molar-refractivity contribution is -0.137. The van der Waals surface area contributed by atoms with Crippen molar-refractivity contribution < 1.29 is 22.8 Å². The predicted molar refractivity (Wildman–Crippen MR) is 173 cm³/mol. The van der Waals surface area contributed by atoms with Crippen molar-refractivity contribution in [2.45, 2.75) is 51.2 Å². The van der Waals surface area contributed by atoms with E-state index in [0.717, 1.165) is 35.5 Å². The Balaban J connectivity index is 1.32. The number of fused-ring (bicyclic) bond motifs is 4. The van der Waals surface area contributed by atoms with Crippen LogP contribution in [0.2, 0.25) is 0 Å². The van der Waals surface area contributed by atoms with Crippen molar-refractivity contribution in [2.75, 3.05) is 28.6 Å². The van der Waals surface area contributed by atoms with E-state index < -0.39 is 17.6 Å². The molecular formula is C36H35F3N4O3. The zero-order valence-electron chi connectivity index (χ0n) is 25.8. The summed E-state index contributed by atoms with van der Waals surface area (Å²) in [5.41, 5.74) is 2.85. The maximum atomic E-state index is 13.5. The Bertz CT molecular complexity index is 1860. The number of carbonyl (C=O) groups excluding carboxylic acids is 2. The molecule has 7 nitrogen and oxygen atoms in total. The Hall–Kier alpha value is -4.86. The van der Waals surface area contributed by atoms with Gasteiger partial charge in [0.15, 0.2) is 0 Å². The van der Waals surface area contributed by atoms with E-state index in [0.29, 0.717) is 30.9 Å². The highest BCUT2D eigenvalue weighted by Gasteiger charge is 2.35. The number of hydrogen-bond donors (Lipinski definition) is 2. The quantitative estimate of drug-likeness (QED) is 0.243. The number of amides is 2. The van der Waals surface area contributed by atoms with Crippen LogP contribution in [0.15, 0.2) is 89.7 Å². The summed E-state index contributed by atoms with van der Waals surface area (Å²) in [5, 5.41) is 5.55. The number of alkyl halides is 3. The van der Waals surface area contributed by atoms with Crippen LogP contribution in [0.25, 0.3) is 0 Å². The van der Waals surface area contributed by atoms with Crippen molar-refractivity contribution in [1.29, 1.82) is 0 Å². The highest BCUT2D eigenvalue weighted by molar-refractivity contribution is 6.09. The van der Waals surface area contributed by atoms with Crippen molar-refractivity contribution in [3.05, 3.63) is 123 Å². The minimum atomic E-state index is -4.55. The fourth-order valence-corrected chi connectivity index (χ4v) is 6.44. The molecule has 6 rings (SSSR count). The molecule has 2 aliphatic heterocycles. The van der Waals surface area contributed by atoms with Gasteiger partial charge < -0.3 is 20.1 Å². The first-order chi connectivity index (χ1) is 21.8. The molecule has 0 aliphatic carbocycles. The largest absolute Gasteiger partial charge is 0.416 e. The Kier molecular flexibility index (Phi) is 8.00. The van der Waals surface area contributed by atoms with Crippen LogP contribution in [-0.2, 0) is 18.1 Å². The van der Waals surface area contributed by atoms with Crippen LogP contribution in [-0.4, -0.2) is 29.5 Å². The summed E-state index contributed by atoms with van der Waals surface area (Å²) in [5.74, 6) is -0.645. The number of halogens is 3. The fourth-order valence-electron chi connectivity index (χ4n) is 6.44. The van der Waals surface area contributed by atoms with Crippen LogP contribution in [0.4, 0.5) is 30.2 Å². The predicted octanol–water partition coefficient (Wildman–Crippen LogP) is 7.29. The third-order valence-corrected chi connectivity index (χ3v) is 8.79. The standard InChI is InChI=1S/C36H35F3N4O3/c1-35(2,3)26-13-10-23(11-14-26)33(45)41-29-17-24(34(46)40-28-7-4-6-27(18-28)36(37,38)39)12-15-31(29)42-19-22-16-25(21-42)30-8-5-9-32(44)43(30)20-22/h4-15,17-18,22,25H,16,19-21H2,1-3H3,(H,40,46)(H,41,45). The van der Waals surface area contributed by atoms with E-state index in [1.165, 1.54) is 12.1 Å². The van der Waals surface area contributed by atoms with Gasteiger partial charge >= 0.3 is 6.18 Å². The number of nitrogens with zero attached hydrogens (tertiary/aromatic N) is 2. The molecule has 2 aliphatic rings. The molecule has 3 heterocycles. The Morgan fingerprint density at radius 2 is 1.46 bits per heavy atom. The smallest absolute Gasteiger partial charge is 0.369 e. The van der Waals surface area contributed by atoms with Gasteiger partial charge in [-0.15, -0.1) is 0 Å². The monoisotopic (exact) mass is 628 g/mol. The number of anilines is 3. The molecule has 1 saturated heterocycles. The molecule has 1 aromatic heterocycles. The fraction of sp³-hybridized carbons (Fsp3) is 0.306. The van der Waals surface area contributed by atoms with Crippen molar-refractivity contribution in [3.63, 3.8) is 0 Å². The number of hydrogen-bond acceptors (Lipinski definition) is 4. The normalized spacial score (nSPS) is 17.7. The third kappa shape index (κ3) is 6.42. The van der Waals surface area contributed by atoms with E-state index in [1.54, 1.807) is 42.5 Å². The maximum absolute atomic E-state index is 13.5. The van der Waals surface area contributed by atoms with Crippen LogP contribution in [0.3, 0.4) is 0 Å². The van der Waals surface area contributed by atoms with E-state index in [4.69, 9.17) is 0 Å². The third-order valence-electron chi connectivity index (χ3n) is 8.79. The van der Waals surface area contributed by atoms with Crippen molar-refractivity contribution >= 4 is 28.9 Å². The Morgan fingerprint density at radius 1 is 0.761 bits per heavy atom. The Labute approximate surface area is 265 Å². The highest BCUT2D eigenvalue weighted by atomic mass is 19.4. The first-order valence-corrected chi connectivity index (χ1v) is 15.3. The van der Waals surface area contributed by atoms with Gasteiger partial charge in [-0.05, 0) is 77.9 Å². The summed E-state index contributed by atoms with van der Waals surface area (Å²) in [6, 6.07) is 22.1. The molecule has 2 N–H and O–H groups in total. The molecule has 2 bridgehead atoms. The Morgan fingerprint density at radius 3 is 2.17 bits per heavy atom. The summed E-state index contributed by atoms with van der Waals surface area (Å²) >= 11 is 0. The molecule has 2 unspecified atom stereocenters. The van der Waals surface area contributed by atoms with E-state index in [9.17, 15) is 27.6 Å². The number of rotatable bonds is 5. The first-order valence-electron chi connectivity index (χ1n) is 15.3. The molecule has 2 amide bonds. The van der Waals surface area contributed by atoms with Gasteiger partial charge in [0.05, 0.1) is 16.9 Å². The highest BCUT2D eigenvalue weighted by Crippen LogP contribution is 2.40. The van der Waals surface area contributed by atoms with Gasteiger partial charge in [-0.3, -0.25) is 14.4 Å². The number of benzene rings is 3. The van der Waals surface area contributed by atoms with Crippen molar-refractivity contribution in [3.8, 4) is 0 Å². The van der Waals surface area contributed by atoms with Crippen LogP contribution in [0.5, 0.6) is 0 Å². The van der Waals surface area contributed by atoms with Gasteiger partial charge in [0, 0.05) is 54.1 Å². The molecule has 4 aromatic rings. The summed E-state index contributed by atoms with van der Waals surface area (Å²) in [6.45, 7) is 8.13. The van der Waals surface area contributed by atoms with E-state index >= 15 is 0 Å². The van der Waals surface area contributed by atoms with Gasteiger partial charge in [0.2, 0.25) is 0 Å².